The van der Waals surface area contributed by atoms with Gasteiger partial charge in [0.15, 0.2) is 5.78 Å². The van der Waals surface area contributed by atoms with E-state index in [0.29, 0.717) is 12.3 Å². The molecule has 0 bridgehead atoms. The van der Waals surface area contributed by atoms with Gasteiger partial charge in [-0.3, -0.25) is 9.59 Å². The number of ketones is 1. The lowest BCUT2D eigenvalue weighted by Gasteiger charge is -2.60. The third kappa shape index (κ3) is 3.64. The Labute approximate surface area is 225 Å². The van der Waals surface area contributed by atoms with E-state index in [1.54, 1.807) is 6.08 Å². The molecule has 5 rings (SSSR count). The second-order valence-corrected chi connectivity index (χ2v) is 13.3. The van der Waals surface area contributed by atoms with Crippen molar-refractivity contribution in [2.24, 2.45) is 39.9 Å². The third-order valence-corrected chi connectivity index (χ3v) is 11.1. The number of hydrogen-bond acceptors (Lipinski definition) is 6. The van der Waals surface area contributed by atoms with E-state index in [2.05, 4.69) is 19.2 Å². The third-order valence-electron chi connectivity index (χ3n) is 11.1. The summed E-state index contributed by atoms with van der Waals surface area (Å²) in [7, 11) is 0. The molecule has 0 spiro atoms. The number of amides is 1. The second kappa shape index (κ2) is 8.75. The van der Waals surface area contributed by atoms with Crippen molar-refractivity contribution in [3.05, 3.63) is 42.0 Å². The summed E-state index contributed by atoms with van der Waals surface area (Å²) in [5.41, 5.74) is -3.18. The van der Waals surface area contributed by atoms with Crippen molar-refractivity contribution >= 4 is 23.7 Å². The first-order chi connectivity index (χ1) is 17.7. The van der Waals surface area contributed by atoms with E-state index in [4.69, 9.17) is 4.74 Å². The fourth-order valence-corrected chi connectivity index (χ4v) is 8.73. The summed E-state index contributed by atoms with van der Waals surface area (Å²) in [6, 6.07) is 8.87. The van der Waals surface area contributed by atoms with Crippen molar-refractivity contribution in [3.8, 4) is 0 Å². The number of hydrogen-bond donors (Lipinski definition) is 3. The highest BCUT2D eigenvalue weighted by Gasteiger charge is 2.79. The molecule has 0 aromatic heterocycles. The first kappa shape index (κ1) is 27.1. The zero-order chi connectivity index (χ0) is 27.8. The molecule has 4 aliphatic rings. The van der Waals surface area contributed by atoms with Crippen molar-refractivity contribution in [3.63, 3.8) is 0 Å². The normalized spacial score (nSPS) is 44.9. The van der Waals surface area contributed by atoms with Gasteiger partial charge in [0.1, 0.15) is 11.7 Å². The van der Waals surface area contributed by atoms with Crippen LogP contribution < -0.4 is 5.32 Å². The van der Waals surface area contributed by atoms with E-state index in [9.17, 15) is 24.6 Å². The Morgan fingerprint density at radius 2 is 1.76 bits per heavy atom. The minimum Gasteiger partial charge on any atom is -0.458 e. The van der Waals surface area contributed by atoms with Crippen LogP contribution in [0.25, 0.3) is 6.08 Å². The average Bonchev–Trinajstić information content (AvgIpc) is 3.33. The Bertz CT molecular complexity index is 1180. The molecule has 3 N–H and O–H groups in total. The second-order valence-electron chi connectivity index (χ2n) is 13.3. The SMILES string of the molecule is CC(=O)N[C@@H]1[C@@H]2[C@H](CC[C@@]3(C)[C@H](O)[C@H]4[C@@H](OC(=O)/C=C/c5ccccc5)[C@@H](C)C[C@]4(O)C(=O)[C@@]13C)C2(C)C. The standard InChI is InChI=1S/C31H41NO6/c1-17-16-31(37)23(24(17)38-21(34)13-12-19-10-8-7-9-11-19)26(35)29(5)15-14-20-22(28(20,3)4)25(32-18(2)33)30(29,6)27(31)36/h7-13,17,20,22-26,35,37H,14-16H2,1-6H3,(H,32,33)/b13-12+/t17-,20-,22-,23+,24-,25+,26+,29-,30+,31+/m0/s1. The number of aliphatic hydroxyl groups excluding tert-OH is 1. The molecule has 1 aromatic rings. The molecule has 7 heteroatoms. The number of aliphatic hydroxyl groups is 2. The van der Waals surface area contributed by atoms with Gasteiger partial charge in [-0.1, -0.05) is 58.0 Å². The molecule has 4 fully saturated rings. The molecule has 0 unspecified atom stereocenters. The fraction of sp³-hybridized carbons (Fsp3) is 0.645. The molecule has 10 atom stereocenters. The monoisotopic (exact) mass is 523 g/mol. The molecule has 1 aromatic carbocycles. The molecule has 0 aliphatic heterocycles. The fourth-order valence-electron chi connectivity index (χ4n) is 8.73. The van der Waals surface area contributed by atoms with Gasteiger partial charge < -0.3 is 20.3 Å². The van der Waals surface area contributed by atoms with E-state index in [0.717, 1.165) is 12.0 Å². The number of carbonyl (C=O) groups is 3. The summed E-state index contributed by atoms with van der Waals surface area (Å²) < 4.78 is 5.87. The van der Waals surface area contributed by atoms with Crippen molar-refractivity contribution < 1.29 is 29.3 Å². The molecule has 7 nitrogen and oxygen atoms in total. The molecule has 0 saturated heterocycles. The Morgan fingerprint density at radius 3 is 2.39 bits per heavy atom. The number of nitrogens with one attached hydrogen (secondary N) is 1. The lowest BCUT2D eigenvalue weighted by Crippen LogP contribution is -2.74. The summed E-state index contributed by atoms with van der Waals surface area (Å²) in [4.78, 5) is 39.8. The Balaban J connectivity index is 1.50. The van der Waals surface area contributed by atoms with Gasteiger partial charge in [0.25, 0.3) is 0 Å². The number of Topliss-reactive ketones (excluding diaryl/α,β-unsaturated/α-hetero) is 1. The van der Waals surface area contributed by atoms with Crippen LogP contribution in [0.3, 0.4) is 0 Å². The van der Waals surface area contributed by atoms with Crippen LogP contribution in [0.15, 0.2) is 36.4 Å². The Kier molecular flexibility index (Phi) is 6.23. The van der Waals surface area contributed by atoms with Gasteiger partial charge in [-0.25, -0.2) is 4.79 Å². The van der Waals surface area contributed by atoms with Gasteiger partial charge >= 0.3 is 5.97 Å². The number of benzene rings is 1. The topological polar surface area (TPSA) is 113 Å². The van der Waals surface area contributed by atoms with Crippen LogP contribution in [0.5, 0.6) is 0 Å². The molecule has 38 heavy (non-hydrogen) atoms. The predicted molar refractivity (Wildman–Crippen MR) is 142 cm³/mol. The molecule has 4 saturated carbocycles. The molecule has 0 heterocycles. The highest BCUT2D eigenvalue weighted by Crippen LogP contribution is 2.73. The zero-order valence-electron chi connectivity index (χ0n) is 23.2. The molecule has 0 radical (unpaired) electrons. The summed E-state index contributed by atoms with van der Waals surface area (Å²) >= 11 is 0. The van der Waals surface area contributed by atoms with Crippen molar-refractivity contribution in [2.75, 3.05) is 0 Å². The van der Waals surface area contributed by atoms with Gasteiger partial charge in [-0.05, 0) is 61.0 Å². The first-order valence-electron chi connectivity index (χ1n) is 13.9. The Morgan fingerprint density at radius 1 is 1.11 bits per heavy atom. The average molecular weight is 524 g/mol. The lowest BCUT2D eigenvalue weighted by atomic mass is 9.45. The van der Waals surface area contributed by atoms with Crippen LogP contribution in [0.1, 0.15) is 66.4 Å². The minimum atomic E-state index is -1.86. The van der Waals surface area contributed by atoms with E-state index in [-0.39, 0.29) is 35.4 Å². The number of rotatable bonds is 4. The molecular weight excluding hydrogens is 482 g/mol. The quantitative estimate of drug-likeness (QED) is 0.411. The first-order valence-corrected chi connectivity index (χ1v) is 13.9. The number of fused-ring (bicyclic) bond motifs is 3. The minimum absolute atomic E-state index is 0.0473. The van der Waals surface area contributed by atoms with Crippen molar-refractivity contribution in [2.45, 2.75) is 84.7 Å². The molecule has 1 amide bonds. The van der Waals surface area contributed by atoms with Gasteiger partial charge in [0.05, 0.1) is 17.4 Å². The van der Waals surface area contributed by atoms with Crippen LogP contribution in [-0.2, 0) is 19.1 Å². The molecule has 206 valence electrons. The van der Waals surface area contributed by atoms with Crippen LogP contribution in [0.2, 0.25) is 0 Å². The van der Waals surface area contributed by atoms with E-state index < -0.39 is 46.6 Å². The van der Waals surface area contributed by atoms with Crippen LogP contribution in [0, 0.1) is 39.9 Å². The maximum Gasteiger partial charge on any atom is 0.331 e. The largest absolute Gasteiger partial charge is 0.458 e. The van der Waals surface area contributed by atoms with Crippen LogP contribution in [0.4, 0.5) is 0 Å². The zero-order valence-corrected chi connectivity index (χ0v) is 23.2. The van der Waals surface area contributed by atoms with Crippen LogP contribution in [-0.4, -0.2) is 51.7 Å². The predicted octanol–water partition coefficient (Wildman–Crippen LogP) is 3.53. The maximum absolute atomic E-state index is 14.6. The van der Waals surface area contributed by atoms with Crippen molar-refractivity contribution in [1.29, 1.82) is 0 Å². The highest BCUT2D eigenvalue weighted by atomic mass is 16.5. The van der Waals surface area contributed by atoms with Gasteiger partial charge in [0.2, 0.25) is 5.91 Å². The van der Waals surface area contributed by atoms with E-state index in [1.807, 2.05) is 51.1 Å². The van der Waals surface area contributed by atoms with Crippen LogP contribution >= 0.6 is 0 Å². The lowest BCUT2D eigenvalue weighted by molar-refractivity contribution is -0.220. The van der Waals surface area contributed by atoms with Gasteiger partial charge in [-0.2, -0.15) is 0 Å². The summed E-state index contributed by atoms with van der Waals surface area (Å²) in [6.07, 6.45) is 2.56. The van der Waals surface area contributed by atoms with Crippen molar-refractivity contribution in [1.82, 2.24) is 5.32 Å². The summed E-state index contributed by atoms with van der Waals surface area (Å²) in [5.74, 6) is -2.05. The van der Waals surface area contributed by atoms with Gasteiger partial charge in [-0.15, -0.1) is 0 Å². The van der Waals surface area contributed by atoms with E-state index >= 15 is 0 Å². The highest BCUT2D eigenvalue weighted by molar-refractivity contribution is 5.96. The Hall–Kier alpha value is -2.51. The molecular formula is C31H41NO6. The molecule has 4 aliphatic carbocycles. The summed E-state index contributed by atoms with van der Waals surface area (Å²) in [6.45, 7) is 11.4. The van der Waals surface area contributed by atoms with Gasteiger partial charge in [0, 0.05) is 24.5 Å². The van der Waals surface area contributed by atoms with E-state index in [1.165, 1.54) is 13.0 Å². The number of ether oxygens (including phenoxy) is 1. The number of carbonyl (C=O) groups excluding carboxylic acids is 3. The summed E-state index contributed by atoms with van der Waals surface area (Å²) in [5, 5.41) is 27.2. The maximum atomic E-state index is 14.6. The smallest absolute Gasteiger partial charge is 0.331 e. The number of esters is 1.